The molecule has 0 spiro atoms. The van der Waals surface area contributed by atoms with Crippen molar-refractivity contribution in [2.45, 2.75) is 12.5 Å². The second-order valence-corrected chi connectivity index (χ2v) is 5.28. The van der Waals surface area contributed by atoms with Crippen LogP contribution in [0.1, 0.15) is 23.6 Å². The van der Waals surface area contributed by atoms with E-state index in [2.05, 4.69) is 96.3 Å². The maximum atomic E-state index is 3.62. The number of nitrogens with one attached hydrogen (secondary N) is 1. The summed E-state index contributed by atoms with van der Waals surface area (Å²) < 4.78 is 0. The first-order valence-corrected chi connectivity index (χ1v) is 7.60. The third-order valence-corrected chi connectivity index (χ3v) is 3.98. The van der Waals surface area contributed by atoms with Crippen LogP contribution >= 0.6 is 0 Å². The zero-order chi connectivity index (χ0) is 15.3. The van der Waals surface area contributed by atoms with Gasteiger partial charge in [0.25, 0.3) is 0 Å². The number of hydrogen-bond acceptors (Lipinski definition) is 1. The van der Waals surface area contributed by atoms with Gasteiger partial charge in [-0.2, -0.15) is 0 Å². The summed E-state index contributed by atoms with van der Waals surface area (Å²) >= 11 is 0. The van der Waals surface area contributed by atoms with Gasteiger partial charge >= 0.3 is 0 Å². The number of benzene rings is 3. The van der Waals surface area contributed by atoms with Crippen molar-refractivity contribution >= 4 is 0 Å². The molecule has 0 unspecified atom stereocenters. The molecule has 0 amide bonds. The van der Waals surface area contributed by atoms with Gasteiger partial charge < -0.3 is 0 Å². The van der Waals surface area contributed by atoms with Crippen molar-refractivity contribution in [3.05, 3.63) is 114 Å². The molecule has 1 N–H and O–H groups in total. The Hall–Kier alpha value is -2.38. The molecular formula is C21H20N. The molecule has 3 aromatic carbocycles. The fourth-order valence-corrected chi connectivity index (χ4v) is 3.03. The third kappa shape index (κ3) is 2.56. The summed E-state index contributed by atoms with van der Waals surface area (Å²) in [6, 6.07) is 31.8. The lowest BCUT2D eigenvalue weighted by Gasteiger charge is -2.36. The van der Waals surface area contributed by atoms with Crippen LogP contribution in [0.2, 0.25) is 0 Å². The van der Waals surface area contributed by atoms with Crippen LogP contribution in [-0.4, -0.2) is 0 Å². The first-order chi connectivity index (χ1) is 10.9. The van der Waals surface area contributed by atoms with Gasteiger partial charge in [-0.15, -0.1) is 0 Å². The van der Waals surface area contributed by atoms with Gasteiger partial charge in [-0.1, -0.05) is 91.0 Å². The highest BCUT2D eigenvalue weighted by Gasteiger charge is 2.35. The molecule has 1 radical (unpaired) electrons. The topological polar surface area (TPSA) is 12.0 Å². The monoisotopic (exact) mass is 286 g/mol. The molecule has 0 fully saturated rings. The Morgan fingerprint density at radius 2 is 0.909 bits per heavy atom. The molecule has 3 aromatic rings. The molecule has 0 aliphatic carbocycles. The van der Waals surface area contributed by atoms with Crippen molar-refractivity contribution in [2.75, 3.05) is 0 Å². The Morgan fingerprint density at radius 1 is 0.591 bits per heavy atom. The smallest absolute Gasteiger partial charge is 0.0950 e. The highest BCUT2D eigenvalue weighted by Crippen LogP contribution is 2.36. The molecule has 0 atom stereocenters. The van der Waals surface area contributed by atoms with Crippen molar-refractivity contribution in [1.82, 2.24) is 5.32 Å². The molecule has 3 rings (SSSR count). The minimum Gasteiger partial charge on any atom is -0.296 e. The van der Waals surface area contributed by atoms with Crippen LogP contribution in [0.3, 0.4) is 0 Å². The molecule has 1 heteroatoms. The first-order valence-electron chi connectivity index (χ1n) is 7.60. The standard InChI is InChI=1S/C21H20N/c1-2-22-21(18-12-6-3-7-13-18,19-14-8-4-9-15-19)20-16-10-5-11-17-20/h2-17,22H,1H3. The Bertz CT molecular complexity index is 593. The van der Waals surface area contributed by atoms with Gasteiger partial charge in [-0.05, 0) is 23.6 Å². The van der Waals surface area contributed by atoms with E-state index in [0.717, 1.165) is 0 Å². The van der Waals surface area contributed by atoms with E-state index in [4.69, 9.17) is 0 Å². The van der Waals surface area contributed by atoms with E-state index in [1.807, 2.05) is 13.5 Å². The Kier molecular flexibility index (Phi) is 4.36. The molecule has 0 saturated heterocycles. The fraction of sp³-hybridized carbons (Fsp3) is 0.0952. The van der Waals surface area contributed by atoms with Crippen LogP contribution in [0, 0.1) is 6.54 Å². The Morgan fingerprint density at radius 3 is 1.18 bits per heavy atom. The Labute approximate surface area is 132 Å². The van der Waals surface area contributed by atoms with Crippen molar-refractivity contribution in [3.8, 4) is 0 Å². The zero-order valence-corrected chi connectivity index (χ0v) is 12.7. The van der Waals surface area contributed by atoms with Gasteiger partial charge in [0, 0.05) is 6.54 Å². The summed E-state index contributed by atoms with van der Waals surface area (Å²) in [7, 11) is 0. The van der Waals surface area contributed by atoms with E-state index >= 15 is 0 Å². The van der Waals surface area contributed by atoms with E-state index < -0.39 is 0 Å². The lowest BCUT2D eigenvalue weighted by Crippen LogP contribution is -2.42. The molecule has 0 aliphatic rings. The lowest BCUT2D eigenvalue weighted by atomic mass is 9.77. The third-order valence-electron chi connectivity index (χ3n) is 3.98. The van der Waals surface area contributed by atoms with Crippen molar-refractivity contribution < 1.29 is 0 Å². The van der Waals surface area contributed by atoms with Gasteiger partial charge in [-0.25, -0.2) is 0 Å². The maximum absolute atomic E-state index is 3.62. The van der Waals surface area contributed by atoms with Crippen molar-refractivity contribution in [2.24, 2.45) is 0 Å². The van der Waals surface area contributed by atoms with E-state index in [1.165, 1.54) is 16.7 Å². The normalized spacial score (nSPS) is 11.3. The van der Waals surface area contributed by atoms with Crippen LogP contribution < -0.4 is 5.32 Å². The summed E-state index contributed by atoms with van der Waals surface area (Å²) in [6.45, 7) is 4.05. The largest absolute Gasteiger partial charge is 0.296 e. The highest BCUT2D eigenvalue weighted by molar-refractivity contribution is 5.49. The summed E-state index contributed by atoms with van der Waals surface area (Å²) in [5, 5.41) is 3.62. The predicted octanol–water partition coefficient (Wildman–Crippen LogP) is 4.75. The SMILES string of the molecule is C[CH]NC(c1ccccc1)(c1ccccc1)c1ccccc1. The van der Waals surface area contributed by atoms with E-state index in [-0.39, 0.29) is 5.54 Å². The van der Waals surface area contributed by atoms with E-state index in [9.17, 15) is 0 Å². The Balaban J connectivity index is 2.29. The summed E-state index contributed by atoms with van der Waals surface area (Å²) in [6.07, 6.45) is 0. The molecule has 1 nitrogen and oxygen atoms in total. The molecule has 0 aromatic heterocycles. The van der Waals surface area contributed by atoms with Crippen LogP contribution in [0.15, 0.2) is 91.0 Å². The van der Waals surface area contributed by atoms with E-state index in [0.29, 0.717) is 0 Å². The summed E-state index contributed by atoms with van der Waals surface area (Å²) in [5.74, 6) is 0. The molecule has 0 saturated carbocycles. The molecule has 0 bridgehead atoms. The molecule has 109 valence electrons. The minimum atomic E-state index is -0.376. The van der Waals surface area contributed by atoms with Crippen molar-refractivity contribution in [3.63, 3.8) is 0 Å². The molecule has 0 heterocycles. The molecule has 0 aliphatic heterocycles. The quantitative estimate of drug-likeness (QED) is 0.667. The fourth-order valence-electron chi connectivity index (χ4n) is 3.03. The maximum Gasteiger partial charge on any atom is 0.0950 e. The second kappa shape index (κ2) is 6.59. The second-order valence-electron chi connectivity index (χ2n) is 5.28. The summed E-state index contributed by atoms with van der Waals surface area (Å²) in [5.41, 5.74) is 3.31. The van der Waals surface area contributed by atoms with Crippen LogP contribution in [0.5, 0.6) is 0 Å². The highest BCUT2D eigenvalue weighted by atomic mass is 15.0. The van der Waals surface area contributed by atoms with Crippen LogP contribution in [-0.2, 0) is 5.54 Å². The lowest BCUT2D eigenvalue weighted by molar-refractivity contribution is 0.524. The molecule has 22 heavy (non-hydrogen) atoms. The van der Waals surface area contributed by atoms with Gasteiger partial charge in [0.05, 0.1) is 5.54 Å². The van der Waals surface area contributed by atoms with Crippen LogP contribution in [0.25, 0.3) is 0 Å². The number of hydrogen-bond donors (Lipinski definition) is 1. The van der Waals surface area contributed by atoms with Crippen LogP contribution in [0.4, 0.5) is 0 Å². The van der Waals surface area contributed by atoms with Gasteiger partial charge in [0.1, 0.15) is 0 Å². The average Bonchev–Trinajstić information content (AvgIpc) is 2.62. The minimum absolute atomic E-state index is 0.376. The molecular weight excluding hydrogens is 266 g/mol. The number of rotatable bonds is 5. The van der Waals surface area contributed by atoms with E-state index in [1.54, 1.807) is 0 Å². The average molecular weight is 286 g/mol. The predicted molar refractivity (Wildman–Crippen MR) is 92.3 cm³/mol. The van der Waals surface area contributed by atoms with Gasteiger partial charge in [0.2, 0.25) is 0 Å². The van der Waals surface area contributed by atoms with Gasteiger partial charge in [0.15, 0.2) is 0 Å². The van der Waals surface area contributed by atoms with Crippen molar-refractivity contribution in [1.29, 1.82) is 0 Å². The first kappa shape index (κ1) is 14.6. The zero-order valence-electron chi connectivity index (χ0n) is 12.7. The van der Waals surface area contributed by atoms with Gasteiger partial charge in [-0.3, -0.25) is 5.32 Å². The summed E-state index contributed by atoms with van der Waals surface area (Å²) in [4.78, 5) is 0.